The van der Waals surface area contributed by atoms with E-state index < -0.39 is 0 Å². The van der Waals surface area contributed by atoms with Crippen molar-refractivity contribution < 1.29 is 0 Å². The standard InChI is InChI=1S/C5H5N.BrH.ClH.Li.Mg.2H/c1-2-4-6-5-3-1;;;;;;/h1-5H;2*1H;;;;/q;;;+1;;;/p-1. The molecule has 0 unspecified atom stereocenters. The molecular weight excluding hydrogens is 221 g/mol. The Morgan fingerprint density at radius 2 is 1.40 bits per heavy atom. The molecule has 0 saturated carbocycles. The molecule has 0 fully saturated rings. The first kappa shape index (κ1) is 17.4. The first-order valence-corrected chi connectivity index (χ1v) is 2.98. The molecule has 0 saturated heterocycles. The Morgan fingerprint density at radius 1 is 1.00 bits per heavy atom. The predicted octanol–water partition coefficient (Wildman–Crippen LogP) is 1.05. The molecule has 0 radical (unpaired) electrons. The molecule has 1 rings (SSSR count). The number of rotatable bonds is 0. The quantitative estimate of drug-likeness (QED) is 0.605. The summed E-state index contributed by atoms with van der Waals surface area (Å²) in [4.78, 5) is 3.78. The van der Waals surface area contributed by atoms with E-state index in [1.54, 1.807) is 12.4 Å². The van der Waals surface area contributed by atoms with Crippen LogP contribution in [0.1, 0.15) is 0 Å². The molecule has 10 heavy (non-hydrogen) atoms. The molecule has 0 aromatic carbocycles. The summed E-state index contributed by atoms with van der Waals surface area (Å²) in [5.74, 6) is 0. The van der Waals surface area contributed by atoms with E-state index in [-0.39, 0.29) is 40.0 Å². The number of hydrogen-bond acceptors (Lipinski definition) is 1. The fourth-order valence-electron chi connectivity index (χ4n) is 0.313. The Morgan fingerprint density at radius 3 is 1.50 bits per heavy atom. The zero-order valence-corrected chi connectivity index (χ0v) is 7.59. The van der Waals surface area contributed by atoms with Crippen molar-refractivity contribution in [3.05, 3.63) is 30.6 Å². The number of aromatic nitrogens is 1. The maximum absolute atomic E-state index is 4.64. The topological polar surface area (TPSA) is 12.9 Å². The van der Waals surface area contributed by atoms with Gasteiger partial charge in [-0.1, -0.05) is 6.07 Å². The van der Waals surface area contributed by atoms with Gasteiger partial charge in [-0.3, -0.25) is 4.98 Å². The van der Waals surface area contributed by atoms with E-state index in [9.17, 15) is 0 Å². The van der Waals surface area contributed by atoms with E-state index in [1.807, 2.05) is 18.2 Å². The summed E-state index contributed by atoms with van der Waals surface area (Å²) in [6.07, 6.45) is 3.50. The monoisotopic (exact) mass is 227 g/mol. The van der Waals surface area contributed by atoms with E-state index in [2.05, 4.69) is 14.8 Å². The molecule has 1 aromatic heterocycles. The van der Waals surface area contributed by atoms with Gasteiger partial charge in [-0.25, -0.2) is 0 Å². The second kappa shape index (κ2) is 16.7. The van der Waals surface area contributed by atoms with Crippen molar-refractivity contribution in [2.45, 2.75) is 0 Å². The zero-order chi connectivity index (χ0) is 6.24. The Bertz CT molecular complexity index is 93.6. The van der Waals surface area contributed by atoms with Crippen LogP contribution in [-0.4, -0.2) is 44.8 Å². The van der Waals surface area contributed by atoms with Crippen LogP contribution < -0.4 is 0 Å². The van der Waals surface area contributed by atoms with Crippen LogP contribution in [0.3, 0.4) is 0 Å². The molecule has 1 nitrogen and oxygen atoms in total. The van der Waals surface area contributed by atoms with E-state index >= 15 is 0 Å². The molecule has 0 N–H and O–H groups in total. The molecule has 0 aliphatic carbocycles. The molecule has 1 heterocycles. The van der Waals surface area contributed by atoms with Crippen molar-refractivity contribution >= 4 is 66.6 Å². The second-order valence-corrected chi connectivity index (χ2v) is 1.02. The first-order chi connectivity index (χ1) is 4.00. The van der Waals surface area contributed by atoms with Gasteiger partial charge in [0.1, 0.15) is 0 Å². The van der Waals surface area contributed by atoms with Crippen LogP contribution in [0.25, 0.3) is 0 Å². The summed E-state index contributed by atoms with van der Waals surface area (Å²) in [5, 5.41) is 0. The van der Waals surface area contributed by atoms with Gasteiger partial charge >= 0.3 is 49.6 Å². The minimum Gasteiger partial charge on any atom is -0.265 e. The van der Waals surface area contributed by atoms with Crippen LogP contribution in [0, 0.1) is 0 Å². The average molecular weight is 229 g/mol. The number of hydrogen-bond donors (Lipinski definition) is 0. The van der Waals surface area contributed by atoms with Gasteiger partial charge < -0.3 is 0 Å². The summed E-state index contributed by atoms with van der Waals surface area (Å²) in [6.45, 7) is 0. The predicted molar refractivity (Wildman–Crippen MR) is 54.7 cm³/mol. The fourth-order valence-corrected chi connectivity index (χ4v) is 0.313. The third-order valence-electron chi connectivity index (χ3n) is 0.566. The molecule has 0 spiro atoms. The smallest absolute Gasteiger partial charge is 0.265 e. The molecule has 50 valence electrons. The second-order valence-electron chi connectivity index (χ2n) is 1.02. The first-order valence-electron chi connectivity index (χ1n) is 2.23. The van der Waals surface area contributed by atoms with Crippen molar-refractivity contribution in [1.29, 1.82) is 0 Å². The van der Waals surface area contributed by atoms with Crippen LogP contribution in [0.4, 0.5) is 0 Å². The van der Waals surface area contributed by atoms with Gasteiger partial charge in [0.25, 0.3) is 0 Å². The third kappa shape index (κ3) is 12.0. The fraction of sp³-hybridized carbons (Fsp3) is 0. The zero-order valence-electron chi connectivity index (χ0n) is 5.12. The number of halogens is 2. The SMILES string of the molecule is Br.[Li][Cl].[MgH2].c1ccncc1. The van der Waals surface area contributed by atoms with Crippen molar-refractivity contribution in [3.63, 3.8) is 0 Å². The average Bonchev–Trinajstić information content (AvgIpc) is 1.96. The largest absolute Gasteiger partial charge is 0.316 e. The molecular formula is C5H8BrClLiMgN. The summed E-state index contributed by atoms with van der Waals surface area (Å²) in [7, 11) is 4.64. The Kier molecular flexibility index (Phi) is 29.1. The van der Waals surface area contributed by atoms with Crippen molar-refractivity contribution in [2.75, 3.05) is 0 Å². The van der Waals surface area contributed by atoms with Crippen LogP contribution in [0.5, 0.6) is 0 Å². The summed E-state index contributed by atoms with van der Waals surface area (Å²) < 4.78 is 0. The van der Waals surface area contributed by atoms with Crippen molar-refractivity contribution in [2.24, 2.45) is 0 Å². The Hall–Kier alpha value is 1.28. The van der Waals surface area contributed by atoms with Gasteiger partial charge in [-0.05, 0) is 12.1 Å². The van der Waals surface area contributed by atoms with Crippen LogP contribution in [-0.2, 0) is 0 Å². The summed E-state index contributed by atoms with van der Waals surface area (Å²) >= 11 is 1.47. The number of nitrogens with zero attached hydrogens (tertiary/aromatic N) is 1. The van der Waals surface area contributed by atoms with Gasteiger partial charge in [-0.15, -0.1) is 17.0 Å². The molecule has 0 aliphatic rings. The van der Waals surface area contributed by atoms with E-state index in [4.69, 9.17) is 0 Å². The third-order valence-corrected chi connectivity index (χ3v) is 0.566. The van der Waals surface area contributed by atoms with E-state index in [1.165, 1.54) is 16.7 Å². The minimum atomic E-state index is 0. The van der Waals surface area contributed by atoms with E-state index in [0.29, 0.717) is 0 Å². The van der Waals surface area contributed by atoms with Crippen molar-refractivity contribution in [3.8, 4) is 0 Å². The molecule has 1 aromatic rings. The van der Waals surface area contributed by atoms with Gasteiger partial charge in [0.2, 0.25) is 0 Å². The van der Waals surface area contributed by atoms with Crippen LogP contribution in [0.2, 0.25) is 0 Å². The number of pyridine rings is 1. The van der Waals surface area contributed by atoms with E-state index in [0.717, 1.165) is 0 Å². The normalized spacial score (nSPS) is 5.50. The van der Waals surface area contributed by atoms with Gasteiger partial charge in [0.15, 0.2) is 0 Å². The molecule has 5 heteroatoms. The summed E-state index contributed by atoms with van der Waals surface area (Å²) in [6, 6.07) is 5.72. The minimum absolute atomic E-state index is 0. The summed E-state index contributed by atoms with van der Waals surface area (Å²) in [5.41, 5.74) is 0. The molecule has 0 amide bonds. The van der Waals surface area contributed by atoms with Gasteiger partial charge in [0, 0.05) is 12.4 Å². The molecule has 0 aliphatic heterocycles. The Balaban J connectivity index is -0.000000114. The van der Waals surface area contributed by atoms with Crippen molar-refractivity contribution in [1.82, 2.24) is 4.98 Å². The Labute approximate surface area is 101 Å². The van der Waals surface area contributed by atoms with Crippen LogP contribution >= 0.6 is 26.8 Å². The maximum atomic E-state index is 4.64. The molecule has 0 bridgehead atoms. The maximum Gasteiger partial charge on any atom is 0.316 e. The van der Waals surface area contributed by atoms with Gasteiger partial charge in [0.05, 0.1) is 0 Å². The van der Waals surface area contributed by atoms with Crippen LogP contribution in [0.15, 0.2) is 30.6 Å². The molecule has 0 atom stereocenters. The van der Waals surface area contributed by atoms with Gasteiger partial charge in [-0.2, -0.15) is 0 Å².